The van der Waals surface area contributed by atoms with E-state index in [2.05, 4.69) is 12.6 Å². The fraction of sp³-hybridized carbons (Fsp3) is 0.667. The van der Waals surface area contributed by atoms with Gasteiger partial charge in [-0.2, -0.15) is 0 Å². The van der Waals surface area contributed by atoms with Crippen molar-refractivity contribution in [2.75, 3.05) is 0 Å². The number of rotatable bonds is 1. The first-order valence-corrected chi connectivity index (χ1v) is 2.00. The van der Waals surface area contributed by atoms with Crippen molar-refractivity contribution in [3.05, 3.63) is 0 Å². The van der Waals surface area contributed by atoms with Crippen molar-refractivity contribution >= 4 is 17.7 Å². The van der Waals surface area contributed by atoms with E-state index in [9.17, 15) is 4.79 Å². The zero-order chi connectivity index (χ0) is 5.15. The van der Waals surface area contributed by atoms with E-state index >= 15 is 0 Å². The quantitative estimate of drug-likeness (QED) is 0.291. The Morgan fingerprint density at radius 1 is 1.75 bits per heavy atom. The van der Waals surface area contributed by atoms with Gasteiger partial charge in [-0.05, 0) is 6.92 Å². The molecule has 0 aliphatic rings. The van der Waals surface area contributed by atoms with Gasteiger partial charge in [0.1, 0.15) is 6.10 Å². The van der Waals surface area contributed by atoms with Gasteiger partial charge in [0.25, 0.3) is 0 Å². The summed E-state index contributed by atoms with van der Waals surface area (Å²) >= 11 is 3.30. The molecule has 5 heteroatoms. The van der Waals surface area contributed by atoms with Crippen LogP contribution in [0.3, 0.4) is 0 Å². The molecule has 2 nitrogen and oxygen atoms in total. The van der Waals surface area contributed by atoms with Crippen LogP contribution in [0.1, 0.15) is 9.78 Å². The average Bonchev–Trinajstić information content (AvgIpc) is 1.36. The molecule has 0 aromatic heterocycles. The van der Waals surface area contributed by atoms with E-state index in [4.69, 9.17) is 5.11 Å². The molecule has 1 N–H and O–H groups in total. The molecule has 0 saturated heterocycles. The largest absolute Gasteiger partial charge is 1.00 e. The minimum Gasteiger partial charge on any atom is -1.00 e. The van der Waals surface area contributed by atoms with E-state index in [0.29, 0.717) is 0 Å². The Morgan fingerprint density at radius 2 is 1.88 bits per heavy atom. The maximum atomic E-state index is 9.76. The Balaban J connectivity index is -0.0000000208. The second-order valence-electron chi connectivity index (χ2n) is 1.01. The van der Waals surface area contributed by atoms with Gasteiger partial charge in [0, 0.05) is 0 Å². The molecule has 0 aromatic carbocycles. The van der Waals surface area contributed by atoms with Crippen LogP contribution >= 0.6 is 12.6 Å². The Bertz CT molecular complexity index is 73.5. The number of aliphatic hydroxyl groups excluding tert-OH is 1. The van der Waals surface area contributed by atoms with Gasteiger partial charge in [-0.3, -0.25) is 4.79 Å². The second-order valence-corrected chi connectivity index (χ2v) is 1.45. The minimum atomic E-state index is -0.923. The van der Waals surface area contributed by atoms with Crippen LogP contribution in [0.15, 0.2) is 0 Å². The summed E-state index contributed by atoms with van der Waals surface area (Å²) in [5, 5.41) is 7.71. The molecule has 0 radical (unpaired) electrons. The normalized spacial score (nSPS) is 10.4. The van der Waals surface area contributed by atoms with Crippen LogP contribution in [0.2, 0.25) is 0 Å². The van der Waals surface area contributed by atoms with Crippen molar-refractivity contribution in [1.29, 1.82) is 0 Å². The van der Waals surface area contributed by atoms with Crippen LogP contribution in [0, 0.1) is 0 Å². The summed E-state index contributed by atoms with van der Waals surface area (Å²) < 4.78 is 0. The van der Waals surface area contributed by atoms with Crippen LogP contribution in [-0.4, -0.2) is 16.3 Å². The standard InChI is InChI=1S/C3H6O2S.2Na.2H/c1-2(4)3(5)6;;;;/h2,4H,1H3,(H,5,6);;;;/q;2*+1;2*-1. The molecule has 8 heavy (non-hydrogen) atoms. The van der Waals surface area contributed by atoms with Gasteiger partial charge in [-0.15, -0.1) is 12.6 Å². The average molecular weight is 154 g/mol. The van der Waals surface area contributed by atoms with Crippen molar-refractivity contribution in [2.24, 2.45) is 0 Å². The molecule has 0 saturated carbocycles. The zero-order valence-electron chi connectivity index (χ0n) is 7.38. The summed E-state index contributed by atoms with van der Waals surface area (Å²) in [6.45, 7) is 1.37. The van der Waals surface area contributed by atoms with E-state index in [-0.39, 0.29) is 62.0 Å². The van der Waals surface area contributed by atoms with Gasteiger partial charge in [-0.25, -0.2) is 0 Å². The molecule has 0 heterocycles. The van der Waals surface area contributed by atoms with E-state index in [1.54, 1.807) is 0 Å². The number of hydrogen-bond acceptors (Lipinski definition) is 2. The second kappa shape index (κ2) is 8.98. The third-order valence-electron chi connectivity index (χ3n) is 0.357. The van der Waals surface area contributed by atoms with Gasteiger partial charge >= 0.3 is 59.1 Å². The maximum Gasteiger partial charge on any atom is 1.00 e. The van der Waals surface area contributed by atoms with E-state index < -0.39 is 11.2 Å². The summed E-state index contributed by atoms with van der Waals surface area (Å²) in [6, 6.07) is 0. The molecule has 0 amide bonds. The number of carbonyl (C=O) groups excluding carboxylic acids is 1. The SMILES string of the molecule is CC(O)C(=O)S.[H-].[H-].[Na+].[Na+]. The third-order valence-corrected chi connectivity index (χ3v) is 0.731. The predicted octanol–water partition coefficient (Wildman–Crippen LogP) is -5.94. The molecular formula is C3H8Na2O2S. The third kappa shape index (κ3) is 10.9. The van der Waals surface area contributed by atoms with Crippen LogP contribution in [-0.2, 0) is 4.79 Å². The maximum absolute atomic E-state index is 9.76. The molecule has 40 valence electrons. The number of aliphatic hydroxyl groups is 1. The van der Waals surface area contributed by atoms with Gasteiger partial charge in [-0.1, -0.05) is 0 Å². The van der Waals surface area contributed by atoms with Crippen molar-refractivity contribution in [3.8, 4) is 0 Å². The van der Waals surface area contributed by atoms with E-state index in [0.717, 1.165) is 0 Å². The number of hydrogen-bond donors (Lipinski definition) is 2. The van der Waals surface area contributed by atoms with Gasteiger partial charge in [0.15, 0.2) is 0 Å². The molecule has 1 unspecified atom stereocenters. The molecular weight excluding hydrogens is 146 g/mol. The van der Waals surface area contributed by atoms with Crippen molar-refractivity contribution < 1.29 is 71.9 Å². The first kappa shape index (κ1) is 16.5. The van der Waals surface area contributed by atoms with Crippen molar-refractivity contribution in [3.63, 3.8) is 0 Å². The van der Waals surface area contributed by atoms with Gasteiger partial charge < -0.3 is 7.96 Å². The Kier molecular flexibility index (Phi) is 18.5. The summed E-state index contributed by atoms with van der Waals surface area (Å²) in [5.74, 6) is 0. The van der Waals surface area contributed by atoms with Crippen LogP contribution in [0.25, 0.3) is 0 Å². The summed E-state index contributed by atoms with van der Waals surface area (Å²) in [7, 11) is 0. The van der Waals surface area contributed by atoms with E-state index in [1.807, 2.05) is 0 Å². The van der Waals surface area contributed by atoms with Gasteiger partial charge in [0.05, 0.1) is 0 Å². The Labute approximate surface area is 101 Å². The smallest absolute Gasteiger partial charge is 1.00 e. The zero-order valence-corrected chi connectivity index (χ0v) is 10.3. The first-order chi connectivity index (χ1) is 2.64. The first-order valence-electron chi connectivity index (χ1n) is 1.55. The van der Waals surface area contributed by atoms with Crippen LogP contribution < -0.4 is 59.1 Å². The summed E-state index contributed by atoms with van der Waals surface area (Å²) in [6.07, 6.45) is -0.923. The van der Waals surface area contributed by atoms with Crippen LogP contribution in [0.5, 0.6) is 0 Å². The Hall–Kier alpha value is 1.98. The Morgan fingerprint density at radius 3 is 1.88 bits per heavy atom. The minimum absolute atomic E-state index is 0. The molecule has 0 fully saturated rings. The fourth-order valence-electron chi connectivity index (χ4n) is 0. The van der Waals surface area contributed by atoms with Crippen LogP contribution in [0.4, 0.5) is 0 Å². The molecule has 0 aromatic rings. The molecule has 1 atom stereocenters. The fourth-order valence-corrected chi connectivity index (χ4v) is 0. The van der Waals surface area contributed by atoms with Crippen molar-refractivity contribution in [2.45, 2.75) is 13.0 Å². The topological polar surface area (TPSA) is 37.3 Å². The van der Waals surface area contributed by atoms with E-state index in [1.165, 1.54) is 6.92 Å². The molecule has 0 spiro atoms. The summed E-state index contributed by atoms with van der Waals surface area (Å²) in [4.78, 5) is 9.76. The predicted molar refractivity (Wildman–Crippen MR) is 27.9 cm³/mol. The monoisotopic (exact) mass is 154 g/mol. The molecule has 0 rings (SSSR count). The van der Waals surface area contributed by atoms with Gasteiger partial charge in [0.2, 0.25) is 5.12 Å². The summed E-state index contributed by atoms with van der Waals surface area (Å²) in [5.41, 5.74) is 0. The molecule has 0 bridgehead atoms. The number of carbonyl (C=O) groups is 1. The molecule has 0 aliphatic heterocycles. The van der Waals surface area contributed by atoms with Crippen molar-refractivity contribution in [1.82, 2.24) is 0 Å². The molecule has 0 aliphatic carbocycles. The number of thiol groups is 1.